The van der Waals surface area contributed by atoms with Crippen LogP contribution in [0.2, 0.25) is 0 Å². The average Bonchev–Trinajstić information content (AvgIpc) is 3.24. The van der Waals surface area contributed by atoms with Gasteiger partial charge in [0.25, 0.3) is 5.91 Å². The molecule has 0 unspecified atom stereocenters. The first-order valence-corrected chi connectivity index (χ1v) is 12.3. The number of para-hydroxylation sites is 1. The van der Waals surface area contributed by atoms with Gasteiger partial charge >= 0.3 is 0 Å². The monoisotopic (exact) mass is 504 g/mol. The van der Waals surface area contributed by atoms with E-state index in [0.29, 0.717) is 67.5 Å². The Hall–Kier alpha value is -3.98. The predicted octanol–water partition coefficient (Wildman–Crippen LogP) is 4.68. The average molecular weight is 505 g/mol. The summed E-state index contributed by atoms with van der Waals surface area (Å²) in [6.07, 6.45) is 0.648. The van der Waals surface area contributed by atoms with Gasteiger partial charge in [0.2, 0.25) is 0 Å². The van der Waals surface area contributed by atoms with Crippen LogP contribution in [-0.4, -0.2) is 48.4 Å². The summed E-state index contributed by atoms with van der Waals surface area (Å²) in [7, 11) is 0. The summed E-state index contributed by atoms with van der Waals surface area (Å²) in [5, 5.41) is 7.84. The molecule has 2 aromatic carbocycles. The van der Waals surface area contributed by atoms with E-state index >= 15 is 0 Å². The van der Waals surface area contributed by atoms with Crippen molar-refractivity contribution in [3.63, 3.8) is 0 Å². The zero-order chi connectivity index (χ0) is 25.5. The molecule has 0 bridgehead atoms. The van der Waals surface area contributed by atoms with Crippen molar-refractivity contribution in [1.82, 2.24) is 14.9 Å². The van der Waals surface area contributed by atoms with E-state index in [2.05, 4.69) is 10.4 Å². The molecule has 2 aliphatic heterocycles. The Morgan fingerprint density at radius 1 is 0.973 bits per heavy atom. The van der Waals surface area contributed by atoms with Crippen LogP contribution in [0.15, 0.2) is 54.6 Å². The Kier molecular flexibility index (Phi) is 6.00. The number of hydrogen-bond donors (Lipinski definition) is 1. The number of carbonyl (C=O) groups is 1. The number of halogens is 2. The number of rotatable bonds is 4. The van der Waals surface area contributed by atoms with E-state index in [0.717, 1.165) is 11.3 Å². The van der Waals surface area contributed by atoms with Crippen molar-refractivity contribution < 1.29 is 23.0 Å². The number of benzene rings is 2. The lowest BCUT2D eigenvalue weighted by atomic mass is 10.00. The van der Waals surface area contributed by atoms with E-state index < -0.39 is 11.6 Å². The summed E-state index contributed by atoms with van der Waals surface area (Å²) in [5.41, 5.74) is 2.60. The van der Waals surface area contributed by atoms with E-state index in [-0.39, 0.29) is 17.5 Å². The van der Waals surface area contributed by atoms with E-state index in [9.17, 15) is 13.6 Å². The van der Waals surface area contributed by atoms with Crippen LogP contribution in [0.4, 0.5) is 14.6 Å². The molecule has 37 heavy (non-hydrogen) atoms. The van der Waals surface area contributed by atoms with Gasteiger partial charge in [0.15, 0.2) is 0 Å². The first-order valence-electron chi connectivity index (χ1n) is 12.3. The molecule has 2 aromatic heterocycles. The molecule has 1 amide bonds. The summed E-state index contributed by atoms with van der Waals surface area (Å²) >= 11 is 0. The Labute approximate surface area is 212 Å². The molecule has 190 valence electrons. The number of anilines is 1. The zero-order valence-corrected chi connectivity index (χ0v) is 20.3. The Bertz CT molecular complexity index is 1480. The van der Waals surface area contributed by atoms with Gasteiger partial charge in [-0.2, -0.15) is 5.10 Å². The number of aryl methyl sites for hydroxylation is 1. The number of pyridine rings is 1. The first-order chi connectivity index (χ1) is 18.0. The van der Waals surface area contributed by atoms with Crippen molar-refractivity contribution in [2.45, 2.75) is 19.4 Å². The first kappa shape index (κ1) is 23.4. The van der Waals surface area contributed by atoms with Crippen LogP contribution in [0.25, 0.3) is 16.6 Å². The van der Waals surface area contributed by atoms with Crippen LogP contribution in [0, 0.1) is 18.6 Å². The fraction of sp³-hybridized carbons (Fsp3) is 0.286. The molecule has 1 N–H and O–H groups in total. The molecule has 4 heterocycles. The summed E-state index contributed by atoms with van der Waals surface area (Å²) < 4.78 is 42.5. The highest BCUT2D eigenvalue weighted by atomic mass is 19.1. The Morgan fingerprint density at radius 2 is 1.73 bits per heavy atom. The second-order valence-corrected chi connectivity index (χ2v) is 9.23. The van der Waals surface area contributed by atoms with Crippen LogP contribution in [0.1, 0.15) is 34.1 Å². The second kappa shape index (κ2) is 9.48. The second-order valence-electron chi connectivity index (χ2n) is 9.23. The third-order valence-corrected chi connectivity index (χ3v) is 6.98. The number of amides is 1. The Morgan fingerprint density at radius 3 is 2.51 bits per heavy atom. The highest BCUT2D eigenvalue weighted by Crippen LogP contribution is 2.36. The van der Waals surface area contributed by atoms with E-state index in [1.165, 1.54) is 18.2 Å². The van der Waals surface area contributed by atoms with Gasteiger partial charge in [0.05, 0.1) is 48.2 Å². The third kappa shape index (κ3) is 4.09. The lowest BCUT2D eigenvalue weighted by molar-refractivity contribution is 0.0922. The predicted molar refractivity (Wildman–Crippen MR) is 135 cm³/mol. The molecule has 2 aliphatic rings. The quantitative estimate of drug-likeness (QED) is 0.437. The normalized spacial score (nSPS) is 17.4. The minimum absolute atomic E-state index is 0.126. The maximum absolute atomic E-state index is 14.8. The lowest BCUT2D eigenvalue weighted by Gasteiger charge is -2.31. The van der Waals surface area contributed by atoms with Gasteiger partial charge in [-0.1, -0.05) is 24.3 Å². The maximum atomic E-state index is 14.8. The number of carbonyl (C=O) groups excluding carboxylic acids is 1. The van der Waals surface area contributed by atoms with Crippen molar-refractivity contribution in [3.05, 3.63) is 83.1 Å². The molecular formula is C28H26F2N4O3. The number of morpholine rings is 1. The highest BCUT2D eigenvalue weighted by molar-refractivity contribution is 6.01. The number of aromatic nitrogens is 2. The highest BCUT2D eigenvalue weighted by Gasteiger charge is 2.29. The van der Waals surface area contributed by atoms with Gasteiger partial charge in [-0.05, 0) is 37.3 Å². The largest absolute Gasteiger partial charge is 0.493 e. The minimum Gasteiger partial charge on any atom is -0.493 e. The lowest BCUT2D eigenvalue weighted by Crippen LogP contribution is -2.40. The molecule has 0 spiro atoms. The molecule has 7 nitrogen and oxygen atoms in total. The van der Waals surface area contributed by atoms with Crippen LogP contribution < -0.4 is 15.0 Å². The number of ether oxygens (including phenoxy) is 2. The number of nitrogens with zero attached hydrogens (tertiary/aromatic N) is 3. The van der Waals surface area contributed by atoms with Gasteiger partial charge in [-0.25, -0.2) is 13.3 Å². The molecule has 0 saturated carbocycles. The number of fused-ring (bicyclic) bond motifs is 2. The maximum Gasteiger partial charge on any atom is 0.255 e. The molecule has 1 fully saturated rings. The minimum atomic E-state index is -0.661. The molecule has 0 aliphatic carbocycles. The SMILES string of the molecule is Cc1nn2c(N3CCOCC3)c(C(=O)N[C@H]3CCOc4ccccc43)ccc2c1-c1c(F)cccc1F. The van der Waals surface area contributed by atoms with Gasteiger partial charge < -0.3 is 19.7 Å². The smallest absolute Gasteiger partial charge is 0.255 e. The molecule has 0 radical (unpaired) electrons. The zero-order valence-electron chi connectivity index (χ0n) is 20.3. The number of hydrogen-bond acceptors (Lipinski definition) is 5. The van der Waals surface area contributed by atoms with E-state index in [1.807, 2.05) is 29.2 Å². The van der Waals surface area contributed by atoms with Crippen molar-refractivity contribution in [2.75, 3.05) is 37.8 Å². The number of nitrogens with one attached hydrogen (secondary N) is 1. The van der Waals surface area contributed by atoms with Crippen LogP contribution in [0.5, 0.6) is 5.75 Å². The van der Waals surface area contributed by atoms with Gasteiger partial charge in [-0.3, -0.25) is 4.79 Å². The van der Waals surface area contributed by atoms with Gasteiger partial charge in [0, 0.05) is 30.6 Å². The topological polar surface area (TPSA) is 68.1 Å². The Balaban J connectivity index is 1.47. The summed E-state index contributed by atoms with van der Waals surface area (Å²) in [5.74, 6) is -0.236. The third-order valence-electron chi connectivity index (χ3n) is 6.98. The van der Waals surface area contributed by atoms with Crippen molar-refractivity contribution in [2.24, 2.45) is 0 Å². The van der Waals surface area contributed by atoms with Crippen LogP contribution >= 0.6 is 0 Å². The van der Waals surface area contributed by atoms with Gasteiger partial charge in [0.1, 0.15) is 23.2 Å². The summed E-state index contributed by atoms with van der Waals surface area (Å²) in [6.45, 7) is 4.34. The molecule has 1 atom stereocenters. The van der Waals surface area contributed by atoms with Crippen LogP contribution in [-0.2, 0) is 4.74 Å². The molecule has 6 rings (SSSR count). The standard InChI is InChI=1S/C28H26F2N4O3/c1-17-25(26-20(29)6-4-7-21(26)30)23-10-9-19(28(34(23)32-17)33-12-15-36-16-13-33)27(35)31-22-11-14-37-24-8-3-2-5-18(22)24/h2-10,22H,11-16H2,1H3,(H,31,35)/t22-/m0/s1. The van der Waals surface area contributed by atoms with E-state index in [4.69, 9.17) is 9.47 Å². The molecule has 1 saturated heterocycles. The summed E-state index contributed by atoms with van der Waals surface area (Å²) in [4.78, 5) is 15.8. The fourth-order valence-electron chi connectivity index (χ4n) is 5.24. The van der Waals surface area contributed by atoms with Crippen molar-refractivity contribution in [3.8, 4) is 16.9 Å². The summed E-state index contributed by atoms with van der Waals surface area (Å²) in [6, 6.07) is 14.7. The molecule has 4 aromatic rings. The fourth-order valence-corrected chi connectivity index (χ4v) is 5.24. The van der Waals surface area contributed by atoms with Crippen molar-refractivity contribution in [1.29, 1.82) is 0 Å². The van der Waals surface area contributed by atoms with Gasteiger partial charge in [-0.15, -0.1) is 0 Å². The molecular weight excluding hydrogens is 478 g/mol. The van der Waals surface area contributed by atoms with Crippen LogP contribution in [0.3, 0.4) is 0 Å². The molecule has 9 heteroatoms. The van der Waals surface area contributed by atoms with E-state index in [1.54, 1.807) is 23.6 Å². The van der Waals surface area contributed by atoms with Crippen molar-refractivity contribution >= 4 is 17.2 Å².